The van der Waals surface area contributed by atoms with Gasteiger partial charge in [-0.05, 0) is 47.0 Å². The van der Waals surface area contributed by atoms with Gasteiger partial charge in [0.15, 0.2) is 5.78 Å². The van der Waals surface area contributed by atoms with Gasteiger partial charge in [-0.1, -0.05) is 6.07 Å². The molecule has 0 spiro atoms. The standard InChI is InChI=1S/C18H17BrFNO4/c1-2-24-18(23)16-14(9-6-7-11(20)10(19)8-9)15-12(22)4-3-5-13(15)25-17(16)21/h6-8,14H,2-5,21H2,1H3/t14-/m0/s1. The molecule has 1 heterocycles. The summed E-state index contributed by atoms with van der Waals surface area (Å²) in [6.07, 6.45) is 1.60. The van der Waals surface area contributed by atoms with Gasteiger partial charge in [0.2, 0.25) is 5.88 Å². The molecule has 1 aromatic rings. The van der Waals surface area contributed by atoms with Crippen molar-refractivity contribution in [3.05, 3.63) is 56.8 Å². The molecule has 1 aliphatic carbocycles. The normalized spacial score (nSPS) is 20.3. The van der Waals surface area contributed by atoms with Crippen molar-refractivity contribution in [2.24, 2.45) is 5.73 Å². The highest BCUT2D eigenvalue weighted by Gasteiger charge is 2.41. The zero-order valence-electron chi connectivity index (χ0n) is 13.6. The van der Waals surface area contributed by atoms with Crippen molar-refractivity contribution in [3.8, 4) is 0 Å². The van der Waals surface area contributed by atoms with Gasteiger partial charge in [0.05, 0.1) is 17.0 Å². The molecule has 132 valence electrons. The van der Waals surface area contributed by atoms with E-state index in [-0.39, 0.29) is 28.3 Å². The Balaban J connectivity index is 2.18. The Morgan fingerprint density at radius 1 is 1.44 bits per heavy atom. The Kier molecular flexibility index (Phi) is 4.94. The molecule has 7 heteroatoms. The summed E-state index contributed by atoms with van der Waals surface area (Å²) in [6, 6.07) is 4.36. The lowest BCUT2D eigenvalue weighted by Crippen LogP contribution is -2.31. The second kappa shape index (κ2) is 7.00. The molecule has 25 heavy (non-hydrogen) atoms. The van der Waals surface area contributed by atoms with Crippen molar-refractivity contribution in [1.29, 1.82) is 0 Å². The second-order valence-corrected chi connectivity index (χ2v) is 6.67. The highest BCUT2D eigenvalue weighted by Crippen LogP contribution is 2.44. The van der Waals surface area contributed by atoms with Gasteiger partial charge in [-0.15, -0.1) is 0 Å². The molecule has 0 saturated carbocycles. The molecule has 1 aliphatic heterocycles. The molecule has 2 N–H and O–H groups in total. The maximum Gasteiger partial charge on any atom is 0.340 e. The van der Waals surface area contributed by atoms with E-state index in [1.54, 1.807) is 13.0 Å². The predicted molar refractivity (Wildman–Crippen MR) is 91.7 cm³/mol. The lowest BCUT2D eigenvalue weighted by atomic mass is 9.77. The molecule has 1 atom stereocenters. The first-order valence-electron chi connectivity index (χ1n) is 7.99. The molecule has 0 bridgehead atoms. The summed E-state index contributed by atoms with van der Waals surface area (Å²) in [7, 11) is 0. The fourth-order valence-corrected chi connectivity index (χ4v) is 3.59. The number of carbonyl (C=O) groups excluding carboxylic acids is 2. The number of hydrogen-bond donors (Lipinski definition) is 1. The van der Waals surface area contributed by atoms with Crippen LogP contribution in [0.5, 0.6) is 0 Å². The Hall–Kier alpha value is -2.15. The third kappa shape index (κ3) is 3.20. The SMILES string of the molecule is CCOC(=O)C1=C(N)OC2=C(C(=O)CCC2)[C@@H]1c1ccc(F)c(Br)c1. The molecule has 0 unspecified atom stereocenters. The Bertz CT molecular complexity index is 815. The van der Waals surface area contributed by atoms with Crippen LogP contribution in [0.2, 0.25) is 0 Å². The number of ether oxygens (including phenoxy) is 2. The van der Waals surface area contributed by atoms with Crippen molar-refractivity contribution < 1.29 is 23.5 Å². The maximum atomic E-state index is 13.6. The molecule has 0 amide bonds. The van der Waals surface area contributed by atoms with E-state index in [4.69, 9.17) is 15.2 Å². The van der Waals surface area contributed by atoms with E-state index in [1.807, 2.05) is 0 Å². The molecular formula is C18H17BrFNO4. The number of halogens is 2. The van der Waals surface area contributed by atoms with Crippen LogP contribution in [-0.4, -0.2) is 18.4 Å². The summed E-state index contributed by atoms with van der Waals surface area (Å²) in [4.78, 5) is 25.0. The van der Waals surface area contributed by atoms with Crippen LogP contribution in [0.25, 0.3) is 0 Å². The average molecular weight is 410 g/mol. The minimum Gasteiger partial charge on any atom is -0.462 e. The van der Waals surface area contributed by atoms with Crippen LogP contribution in [-0.2, 0) is 19.1 Å². The number of nitrogens with two attached hydrogens (primary N) is 1. The fourth-order valence-electron chi connectivity index (χ4n) is 3.19. The third-order valence-corrected chi connectivity index (χ3v) is 4.86. The van der Waals surface area contributed by atoms with Crippen molar-refractivity contribution >= 4 is 27.7 Å². The first-order chi connectivity index (χ1) is 11.9. The zero-order valence-corrected chi connectivity index (χ0v) is 15.2. The van der Waals surface area contributed by atoms with Crippen molar-refractivity contribution in [3.63, 3.8) is 0 Å². The highest BCUT2D eigenvalue weighted by atomic mass is 79.9. The molecule has 5 nitrogen and oxygen atoms in total. The Morgan fingerprint density at radius 3 is 2.88 bits per heavy atom. The second-order valence-electron chi connectivity index (χ2n) is 5.82. The van der Waals surface area contributed by atoms with E-state index >= 15 is 0 Å². The van der Waals surface area contributed by atoms with Crippen molar-refractivity contribution in [2.45, 2.75) is 32.1 Å². The van der Waals surface area contributed by atoms with Gasteiger partial charge in [0.25, 0.3) is 0 Å². The highest BCUT2D eigenvalue weighted by molar-refractivity contribution is 9.10. The number of esters is 1. The quantitative estimate of drug-likeness (QED) is 0.773. The first-order valence-corrected chi connectivity index (χ1v) is 8.79. The van der Waals surface area contributed by atoms with Gasteiger partial charge >= 0.3 is 5.97 Å². The predicted octanol–water partition coefficient (Wildman–Crippen LogP) is 3.44. The van der Waals surface area contributed by atoms with Crippen LogP contribution in [0.4, 0.5) is 4.39 Å². The lowest BCUT2D eigenvalue weighted by molar-refractivity contribution is -0.139. The zero-order chi connectivity index (χ0) is 18.1. The first kappa shape index (κ1) is 17.7. The number of hydrogen-bond acceptors (Lipinski definition) is 5. The molecule has 1 aromatic carbocycles. The third-order valence-electron chi connectivity index (χ3n) is 4.26. The summed E-state index contributed by atoms with van der Waals surface area (Å²) in [6.45, 7) is 1.84. The summed E-state index contributed by atoms with van der Waals surface area (Å²) < 4.78 is 24.6. The van der Waals surface area contributed by atoms with E-state index in [9.17, 15) is 14.0 Å². The molecule has 0 saturated heterocycles. The maximum absolute atomic E-state index is 13.6. The van der Waals surface area contributed by atoms with Gasteiger partial charge in [-0.2, -0.15) is 0 Å². The molecule has 0 aromatic heterocycles. The number of carbonyl (C=O) groups is 2. The van der Waals surface area contributed by atoms with Crippen LogP contribution in [0.3, 0.4) is 0 Å². The number of ketones is 1. The molecule has 0 fully saturated rings. The summed E-state index contributed by atoms with van der Waals surface area (Å²) in [5, 5.41) is 0. The minimum absolute atomic E-state index is 0.0719. The van der Waals surface area contributed by atoms with E-state index in [1.165, 1.54) is 12.1 Å². The number of allylic oxidation sites excluding steroid dienone is 2. The molecule has 0 radical (unpaired) electrons. The van der Waals surface area contributed by atoms with E-state index in [2.05, 4.69) is 15.9 Å². The van der Waals surface area contributed by atoms with Crippen molar-refractivity contribution in [2.75, 3.05) is 6.61 Å². The summed E-state index contributed by atoms with van der Waals surface area (Å²) in [5.74, 6) is -1.50. The van der Waals surface area contributed by atoms with Crippen molar-refractivity contribution in [1.82, 2.24) is 0 Å². The Morgan fingerprint density at radius 2 is 2.20 bits per heavy atom. The number of rotatable bonds is 3. The topological polar surface area (TPSA) is 78.6 Å². The average Bonchev–Trinajstić information content (AvgIpc) is 2.56. The van der Waals surface area contributed by atoms with E-state index < -0.39 is 17.7 Å². The minimum atomic E-state index is -0.729. The fraction of sp³-hybridized carbons (Fsp3) is 0.333. The number of benzene rings is 1. The lowest BCUT2D eigenvalue weighted by Gasteiger charge is -2.32. The van der Waals surface area contributed by atoms with Crippen LogP contribution >= 0.6 is 15.9 Å². The van der Waals surface area contributed by atoms with E-state index in [0.717, 1.165) is 0 Å². The Labute approximate surface area is 152 Å². The van der Waals surface area contributed by atoms with Gasteiger partial charge in [-0.3, -0.25) is 4.79 Å². The monoisotopic (exact) mass is 409 g/mol. The number of Topliss-reactive ketones (excluding diaryl/α,β-unsaturated/α-hetero) is 1. The molecule has 3 rings (SSSR count). The van der Waals surface area contributed by atoms with Gasteiger partial charge in [-0.25, -0.2) is 9.18 Å². The van der Waals surface area contributed by atoms with Gasteiger partial charge in [0, 0.05) is 18.4 Å². The molecular weight excluding hydrogens is 393 g/mol. The van der Waals surface area contributed by atoms with Crippen LogP contribution in [0.15, 0.2) is 45.5 Å². The summed E-state index contributed by atoms with van der Waals surface area (Å²) >= 11 is 3.15. The van der Waals surface area contributed by atoms with Gasteiger partial charge < -0.3 is 15.2 Å². The summed E-state index contributed by atoms with van der Waals surface area (Å²) in [5.41, 5.74) is 7.04. The van der Waals surface area contributed by atoms with Gasteiger partial charge in [0.1, 0.15) is 17.1 Å². The van der Waals surface area contributed by atoms with Crippen LogP contribution in [0, 0.1) is 5.82 Å². The van der Waals surface area contributed by atoms with Crippen LogP contribution < -0.4 is 5.73 Å². The smallest absolute Gasteiger partial charge is 0.340 e. The molecule has 2 aliphatic rings. The van der Waals surface area contributed by atoms with Crippen LogP contribution in [0.1, 0.15) is 37.7 Å². The largest absolute Gasteiger partial charge is 0.462 e. The van der Waals surface area contributed by atoms with E-state index in [0.29, 0.717) is 36.2 Å².